The summed E-state index contributed by atoms with van der Waals surface area (Å²) in [5.41, 5.74) is 0. The van der Waals surface area contributed by atoms with Gasteiger partial charge in [-0.1, -0.05) is 6.92 Å². The van der Waals surface area contributed by atoms with E-state index in [-0.39, 0.29) is 19.1 Å². The van der Waals surface area contributed by atoms with Crippen LogP contribution in [0.25, 0.3) is 0 Å². The van der Waals surface area contributed by atoms with Crippen molar-refractivity contribution in [2.75, 3.05) is 39.6 Å². The molecule has 13 heavy (non-hydrogen) atoms. The fraction of sp³-hybridized carbons (Fsp3) is 1.00. The molecular formula is C9H20O4. The van der Waals surface area contributed by atoms with Crippen LogP contribution in [-0.2, 0) is 9.47 Å². The van der Waals surface area contributed by atoms with E-state index < -0.39 is 0 Å². The average molecular weight is 192 g/mol. The number of hydrogen-bond donors (Lipinski definition) is 2. The van der Waals surface area contributed by atoms with Crippen LogP contribution in [0.1, 0.15) is 13.3 Å². The Labute approximate surface area is 79.5 Å². The molecule has 0 aromatic heterocycles. The minimum atomic E-state index is -0.161. The van der Waals surface area contributed by atoms with Crippen LogP contribution in [0.4, 0.5) is 0 Å². The van der Waals surface area contributed by atoms with Gasteiger partial charge in [-0.05, 0) is 6.42 Å². The van der Waals surface area contributed by atoms with E-state index in [1.165, 1.54) is 0 Å². The number of aliphatic hydroxyl groups excluding tert-OH is 2. The van der Waals surface area contributed by atoms with Gasteiger partial charge in [0.2, 0.25) is 0 Å². The second kappa shape index (κ2) is 9.92. The van der Waals surface area contributed by atoms with Crippen LogP contribution in [0.2, 0.25) is 0 Å². The molecule has 0 unspecified atom stereocenters. The Morgan fingerprint density at radius 2 is 1.62 bits per heavy atom. The summed E-state index contributed by atoms with van der Waals surface area (Å²) in [5.74, 6) is -0.161. The molecule has 0 saturated carbocycles. The summed E-state index contributed by atoms with van der Waals surface area (Å²) >= 11 is 0. The molecule has 0 aliphatic rings. The first-order valence-electron chi connectivity index (χ1n) is 4.72. The van der Waals surface area contributed by atoms with Gasteiger partial charge in [-0.15, -0.1) is 0 Å². The standard InChI is InChI=1S/C9H20O4/c1-2-3-12-4-5-13-8-9(6-10)7-11/h9-11H,2-8H2,1H3. The monoisotopic (exact) mass is 192 g/mol. The third-order valence-corrected chi connectivity index (χ3v) is 1.59. The quantitative estimate of drug-likeness (QED) is 0.506. The van der Waals surface area contributed by atoms with E-state index in [0.717, 1.165) is 13.0 Å². The lowest BCUT2D eigenvalue weighted by Gasteiger charge is -2.11. The average Bonchev–Trinajstić information content (AvgIpc) is 2.17. The Morgan fingerprint density at radius 3 is 2.15 bits per heavy atom. The van der Waals surface area contributed by atoms with Gasteiger partial charge in [0.1, 0.15) is 0 Å². The smallest absolute Gasteiger partial charge is 0.0700 e. The van der Waals surface area contributed by atoms with Crippen LogP contribution in [0.15, 0.2) is 0 Å². The van der Waals surface area contributed by atoms with Crippen molar-refractivity contribution < 1.29 is 19.7 Å². The minimum Gasteiger partial charge on any atom is -0.396 e. The first-order valence-corrected chi connectivity index (χ1v) is 4.72. The van der Waals surface area contributed by atoms with Crippen molar-refractivity contribution in [3.05, 3.63) is 0 Å². The van der Waals surface area contributed by atoms with E-state index in [1.54, 1.807) is 0 Å². The molecule has 80 valence electrons. The van der Waals surface area contributed by atoms with Crippen molar-refractivity contribution in [1.82, 2.24) is 0 Å². The largest absolute Gasteiger partial charge is 0.396 e. The lowest BCUT2D eigenvalue weighted by molar-refractivity contribution is 0.0107. The maximum absolute atomic E-state index is 8.70. The molecular weight excluding hydrogens is 172 g/mol. The molecule has 0 aliphatic carbocycles. The van der Waals surface area contributed by atoms with Crippen LogP contribution in [0, 0.1) is 5.92 Å². The molecule has 0 aliphatic heterocycles. The highest BCUT2D eigenvalue weighted by Crippen LogP contribution is 1.94. The SMILES string of the molecule is CCCOCCOCC(CO)CO. The first kappa shape index (κ1) is 12.8. The Morgan fingerprint density at radius 1 is 1.00 bits per heavy atom. The van der Waals surface area contributed by atoms with Crippen molar-refractivity contribution >= 4 is 0 Å². The van der Waals surface area contributed by atoms with Crippen LogP contribution < -0.4 is 0 Å². The summed E-state index contributed by atoms with van der Waals surface area (Å²) in [5, 5.41) is 17.4. The number of rotatable bonds is 9. The zero-order valence-electron chi connectivity index (χ0n) is 8.24. The molecule has 2 N–H and O–H groups in total. The molecule has 0 heterocycles. The van der Waals surface area contributed by atoms with Gasteiger partial charge in [-0.25, -0.2) is 0 Å². The van der Waals surface area contributed by atoms with Gasteiger partial charge in [0.25, 0.3) is 0 Å². The van der Waals surface area contributed by atoms with E-state index in [2.05, 4.69) is 6.92 Å². The molecule has 0 bridgehead atoms. The molecule has 0 saturated heterocycles. The summed E-state index contributed by atoms with van der Waals surface area (Å²) in [7, 11) is 0. The third kappa shape index (κ3) is 8.18. The Hall–Kier alpha value is -0.160. The normalized spacial score (nSPS) is 11.1. The van der Waals surface area contributed by atoms with Gasteiger partial charge in [-0.3, -0.25) is 0 Å². The Bertz CT molecular complexity index is 93.6. The van der Waals surface area contributed by atoms with Crippen LogP contribution in [0.3, 0.4) is 0 Å². The van der Waals surface area contributed by atoms with Crippen molar-refractivity contribution in [3.63, 3.8) is 0 Å². The van der Waals surface area contributed by atoms with Crippen LogP contribution >= 0.6 is 0 Å². The molecule has 0 rings (SSSR count). The van der Waals surface area contributed by atoms with E-state index in [1.807, 2.05) is 0 Å². The summed E-state index contributed by atoms with van der Waals surface area (Å²) in [4.78, 5) is 0. The lowest BCUT2D eigenvalue weighted by Crippen LogP contribution is -2.19. The Kier molecular flexibility index (Phi) is 9.80. The molecule has 0 fully saturated rings. The van der Waals surface area contributed by atoms with E-state index >= 15 is 0 Å². The van der Waals surface area contributed by atoms with E-state index in [9.17, 15) is 0 Å². The van der Waals surface area contributed by atoms with Crippen LogP contribution in [0.5, 0.6) is 0 Å². The van der Waals surface area contributed by atoms with Gasteiger partial charge in [0, 0.05) is 12.5 Å². The van der Waals surface area contributed by atoms with E-state index in [4.69, 9.17) is 19.7 Å². The fourth-order valence-corrected chi connectivity index (χ4v) is 0.777. The molecule has 0 spiro atoms. The molecule has 0 aromatic carbocycles. The second-order valence-electron chi connectivity index (χ2n) is 2.92. The predicted octanol–water partition coefficient (Wildman–Crippen LogP) is 0.0304. The highest BCUT2D eigenvalue weighted by atomic mass is 16.5. The van der Waals surface area contributed by atoms with Crippen molar-refractivity contribution in [1.29, 1.82) is 0 Å². The molecule has 0 radical (unpaired) electrons. The highest BCUT2D eigenvalue weighted by Gasteiger charge is 2.04. The summed E-state index contributed by atoms with van der Waals surface area (Å²) < 4.78 is 10.4. The second-order valence-corrected chi connectivity index (χ2v) is 2.92. The third-order valence-electron chi connectivity index (χ3n) is 1.59. The summed E-state index contributed by atoms with van der Waals surface area (Å²) in [6.07, 6.45) is 1.01. The molecule has 0 amide bonds. The van der Waals surface area contributed by atoms with Crippen molar-refractivity contribution in [3.8, 4) is 0 Å². The van der Waals surface area contributed by atoms with Crippen LogP contribution in [-0.4, -0.2) is 49.9 Å². The van der Waals surface area contributed by atoms with Crippen molar-refractivity contribution in [2.45, 2.75) is 13.3 Å². The van der Waals surface area contributed by atoms with Gasteiger partial charge >= 0.3 is 0 Å². The van der Waals surface area contributed by atoms with Crippen molar-refractivity contribution in [2.24, 2.45) is 5.92 Å². The van der Waals surface area contributed by atoms with Gasteiger partial charge in [0.15, 0.2) is 0 Å². The Balaban J connectivity index is 3.05. The molecule has 4 heteroatoms. The summed E-state index contributed by atoms with van der Waals surface area (Å²) in [6.45, 7) is 4.23. The predicted molar refractivity (Wildman–Crippen MR) is 49.6 cm³/mol. The first-order chi connectivity index (χ1) is 6.35. The summed E-state index contributed by atoms with van der Waals surface area (Å²) in [6, 6.07) is 0. The lowest BCUT2D eigenvalue weighted by atomic mass is 10.2. The molecule has 0 aromatic rings. The number of hydrogen-bond acceptors (Lipinski definition) is 4. The fourth-order valence-electron chi connectivity index (χ4n) is 0.777. The zero-order chi connectivity index (χ0) is 9.94. The maximum Gasteiger partial charge on any atom is 0.0700 e. The van der Waals surface area contributed by atoms with Gasteiger partial charge < -0.3 is 19.7 Å². The number of aliphatic hydroxyl groups is 2. The highest BCUT2D eigenvalue weighted by molar-refractivity contribution is 4.52. The van der Waals surface area contributed by atoms with Gasteiger partial charge in [0.05, 0.1) is 33.0 Å². The molecule has 0 atom stereocenters. The topological polar surface area (TPSA) is 58.9 Å². The molecule has 4 nitrogen and oxygen atoms in total. The van der Waals surface area contributed by atoms with Gasteiger partial charge in [-0.2, -0.15) is 0 Å². The zero-order valence-corrected chi connectivity index (χ0v) is 8.24. The minimum absolute atomic E-state index is 0.0354. The van der Waals surface area contributed by atoms with E-state index in [0.29, 0.717) is 19.8 Å². The number of ether oxygens (including phenoxy) is 2. The maximum atomic E-state index is 8.70.